The Bertz CT molecular complexity index is 2190. The van der Waals surface area contributed by atoms with Gasteiger partial charge in [-0.05, 0) is 51.0 Å². The van der Waals surface area contributed by atoms with Gasteiger partial charge in [-0.15, -0.1) is 0 Å². The van der Waals surface area contributed by atoms with Gasteiger partial charge in [0.2, 0.25) is 0 Å². The zero-order valence-electron chi connectivity index (χ0n) is 28.2. The molecule has 0 radical (unpaired) electrons. The number of benzene rings is 1. The van der Waals surface area contributed by atoms with E-state index in [1.807, 2.05) is 36.1 Å². The molecule has 0 fully saturated rings. The summed E-state index contributed by atoms with van der Waals surface area (Å²) in [6, 6.07) is 8.56. The first-order chi connectivity index (χ1) is 24.5. The zero-order valence-corrected chi connectivity index (χ0v) is 28.2. The fourth-order valence-corrected chi connectivity index (χ4v) is 7.07. The van der Waals surface area contributed by atoms with E-state index in [9.17, 15) is 35.4 Å². The van der Waals surface area contributed by atoms with Crippen molar-refractivity contribution in [2.24, 2.45) is 0 Å². The second kappa shape index (κ2) is 13.6. The lowest BCUT2D eigenvalue weighted by Crippen LogP contribution is -2.61. The standard InChI is InChI=1S/C36H42N4O11/c1-20-12-27(43)23-13-22-14-30(35(2,7-3-11-41)50-32(22)31(33(23)49-20)40-15-21-4-8-38-25(21)16-40)51-48-18-29(45)36(47,34(46)28(44)17-42)19-39-10-6-24-26(39)5-9-37-24/h4-6,8-10,12-13,15-16,28-30,34,37-38,41-42,44-47H,3,7,11,14,17-19H2,1-2H3/t28-,29+,30-,34-,35-,36-/m1/s1. The summed E-state index contributed by atoms with van der Waals surface area (Å²) < 4.78 is 16.4. The molecule has 1 aliphatic heterocycles. The van der Waals surface area contributed by atoms with Gasteiger partial charge in [-0.1, -0.05) is 0 Å². The average Bonchev–Trinajstić information content (AvgIpc) is 3.90. The van der Waals surface area contributed by atoms with Crippen LogP contribution in [0.1, 0.15) is 31.1 Å². The van der Waals surface area contributed by atoms with Crippen molar-refractivity contribution in [1.82, 2.24) is 19.1 Å². The summed E-state index contributed by atoms with van der Waals surface area (Å²) in [4.78, 5) is 31.0. The summed E-state index contributed by atoms with van der Waals surface area (Å²) in [5.74, 6) is 0.900. The molecule has 0 saturated heterocycles. The molecule has 15 heteroatoms. The quantitative estimate of drug-likeness (QED) is 0.0604. The smallest absolute Gasteiger partial charge is 0.193 e. The largest absolute Gasteiger partial charge is 0.482 e. The van der Waals surface area contributed by atoms with Crippen molar-refractivity contribution in [2.75, 3.05) is 19.8 Å². The zero-order chi connectivity index (χ0) is 36.1. The second-order valence-corrected chi connectivity index (χ2v) is 13.6. The molecule has 1 aromatic carbocycles. The Morgan fingerprint density at radius 3 is 2.65 bits per heavy atom. The summed E-state index contributed by atoms with van der Waals surface area (Å²) in [5.41, 5.74) is 0.0694. The molecule has 6 atom stereocenters. The third kappa shape index (κ3) is 6.25. The number of rotatable bonds is 14. The Morgan fingerprint density at radius 2 is 1.88 bits per heavy atom. The number of aromatic nitrogens is 4. The molecule has 1 aliphatic rings. The first kappa shape index (κ1) is 35.0. The summed E-state index contributed by atoms with van der Waals surface area (Å²) in [7, 11) is 0. The molecule has 272 valence electrons. The van der Waals surface area contributed by atoms with E-state index in [2.05, 4.69) is 9.97 Å². The molecule has 0 aliphatic carbocycles. The molecule has 0 spiro atoms. The van der Waals surface area contributed by atoms with E-state index in [4.69, 9.17) is 18.9 Å². The van der Waals surface area contributed by atoms with Gasteiger partial charge in [-0.3, -0.25) is 4.79 Å². The molecule has 0 unspecified atom stereocenters. The molecule has 0 saturated carbocycles. The molecule has 5 aromatic heterocycles. The van der Waals surface area contributed by atoms with Crippen molar-refractivity contribution < 1.29 is 49.6 Å². The number of nitrogens with zero attached hydrogens (tertiary/aromatic N) is 2. The summed E-state index contributed by atoms with van der Waals surface area (Å²) in [6.07, 6.45) is 3.44. The highest BCUT2D eigenvalue weighted by atomic mass is 17.2. The molecule has 6 aromatic rings. The summed E-state index contributed by atoms with van der Waals surface area (Å²) in [6.45, 7) is 1.51. The monoisotopic (exact) mass is 706 g/mol. The van der Waals surface area contributed by atoms with Crippen molar-refractivity contribution >= 4 is 32.9 Å². The van der Waals surface area contributed by atoms with Gasteiger partial charge in [-0.2, -0.15) is 0 Å². The lowest BCUT2D eigenvalue weighted by molar-refractivity contribution is -0.365. The molecular weight excluding hydrogens is 664 g/mol. The van der Waals surface area contributed by atoms with Crippen LogP contribution in [0.4, 0.5) is 0 Å². The number of fused-ring (bicyclic) bond motifs is 4. The van der Waals surface area contributed by atoms with Gasteiger partial charge < -0.3 is 58.9 Å². The molecule has 7 rings (SSSR count). The fourth-order valence-electron chi connectivity index (χ4n) is 7.07. The molecule has 0 bridgehead atoms. The van der Waals surface area contributed by atoms with E-state index >= 15 is 0 Å². The summed E-state index contributed by atoms with van der Waals surface area (Å²) >= 11 is 0. The topological polar surface area (TPSA) is 221 Å². The lowest BCUT2D eigenvalue weighted by atomic mass is 9.85. The minimum atomic E-state index is -2.40. The van der Waals surface area contributed by atoms with E-state index in [1.54, 1.807) is 42.1 Å². The minimum absolute atomic E-state index is 0.120. The first-order valence-corrected chi connectivity index (χ1v) is 16.8. The number of aromatic amines is 2. The van der Waals surface area contributed by atoms with Crippen LogP contribution in [0, 0.1) is 6.92 Å². The van der Waals surface area contributed by atoms with Gasteiger partial charge in [0.15, 0.2) is 16.8 Å². The van der Waals surface area contributed by atoms with E-state index in [-0.39, 0.29) is 25.0 Å². The van der Waals surface area contributed by atoms with Gasteiger partial charge in [0.05, 0.1) is 35.1 Å². The highest BCUT2D eigenvalue weighted by Gasteiger charge is 2.48. The third-order valence-electron chi connectivity index (χ3n) is 9.98. The number of hydrogen-bond acceptors (Lipinski definition) is 11. The molecule has 8 N–H and O–H groups in total. The van der Waals surface area contributed by atoms with Crippen molar-refractivity contribution in [3.05, 3.63) is 82.9 Å². The predicted octanol–water partition coefficient (Wildman–Crippen LogP) is 1.95. The van der Waals surface area contributed by atoms with E-state index in [0.29, 0.717) is 52.1 Å². The second-order valence-electron chi connectivity index (χ2n) is 13.6. The predicted molar refractivity (Wildman–Crippen MR) is 185 cm³/mol. The van der Waals surface area contributed by atoms with Crippen LogP contribution in [0.25, 0.3) is 38.6 Å². The maximum atomic E-state index is 13.3. The fraction of sp³-hybridized carbons (Fsp3) is 0.417. The Kier molecular flexibility index (Phi) is 9.32. The van der Waals surface area contributed by atoms with Gasteiger partial charge in [0.1, 0.15) is 53.7 Å². The van der Waals surface area contributed by atoms with Gasteiger partial charge in [-0.25, -0.2) is 9.78 Å². The number of aliphatic hydroxyl groups excluding tert-OH is 5. The van der Waals surface area contributed by atoms with Crippen LogP contribution >= 0.6 is 0 Å². The van der Waals surface area contributed by atoms with Crippen molar-refractivity contribution in [3.8, 4) is 11.4 Å². The van der Waals surface area contributed by atoms with Crippen LogP contribution < -0.4 is 10.2 Å². The SMILES string of the molecule is Cc1cc(=O)c2cc3c(c(-n4cc5cc[nH]c5c4)c2o1)O[C@](C)(CCCO)[C@H](OOC[C@H](O)[C@](O)(Cn1ccc2[nH]ccc21)[C@H](O)[C@H](O)CO)C3. The molecule has 15 nitrogen and oxygen atoms in total. The summed E-state index contributed by atoms with van der Waals surface area (Å²) in [5, 5.41) is 64.8. The van der Waals surface area contributed by atoms with Crippen LogP contribution in [0.5, 0.6) is 5.75 Å². The van der Waals surface area contributed by atoms with E-state index in [1.165, 1.54) is 6.07 Å². The van der Waals surface area contributed by atoms with Crippen molar-refractivity contribution in [3.63, 3.8) is 0 Å². The Morgan fingerprint density at radius 1 is 1.10 bits per heavy atom. The van der Waals surface area contributed by atoms with Gasteiger partial charge >= 0.3 is 0 Å². The average molecular weight is 707 g/mol. The van der Waals surface area contributed by atoms with Crippen molar-refractivity contribution in [2.45, 2.75) is 75.3 Å². The van der Waals surface area contributed by atoms with E-state index < -0.39 is 48.8 Å². The number of aryl methyl sites for hydroxylation is 1. The number of H-pyrrole nitrogens is 2. The number of ether oxygens (including phenoxy) is 1. The first-order valence-electron chi connectivity index (χ1n) is 16.8. The van der Waals surface area contributed by atoms with Crippen LogP contribution in [0.3, 0.4) is 0 Å². The lowest BCUT2D eigenvalue weighted by Gasteiger charge is -2.42. The highest BCUT2D eigenvalue weighted by Crippen LogP contribution is 2.44. The minimum Gasteiger partial charge on any atom is -0.482 e. The number of hydrogen-bond donors (Lipinski definition) is 8. The van der Waals surface area contributed by atoms with Crippen LogP contribution in [0.15, 0.2) is 70.5 Å². The van der Waals surface area contributed by atoms with E-state index in [0.717, 1.165) is 16.4 Å². The van der Waals surface area contributed by atoms with Crippen LogP contribution in [0.2, 0.25) is 0 Å². The molecular formula is C36H42N4O11. The van der Waals surface area contributed by atoms with Crippen LogP contribution in [-0.4, -0.2) is 105 Å². The molecule has 0 amide bonds. The Balaban J connectivity index is 1.20. The molecule has 51 heavy (non-hydrogen) atoms. The van der Waals surface area contributed by atoms with Gasteiger partial charge in [0.25, 0.3) is 0 Å². The third-order valence-corrected chi connectivity index (χ3v) is 9.98. The molecule has 6 heterocycles. The Hall–Kier alpha value is -4.45. The maximum absolute atomic E-state index is 13.3. The number of nitrogens with one attached hydrogen (secondary N) is 2. The highest BCUT2D eigenvalue weighted by molar-refractivity contribution is 5.91. The van der Waals surface area contributed by atoms with Crippen molar-refractivity contribution in [1.29, 1.82) is 0 Å². The normalized spacial score (nSPS) is 20.7. The van der Waals surface area contributed by atoms with Gasteiger partial charge in [0, 0.05) is 61.0 Å². The van der Waals surface area contributed by atoms with Crippen LogP contribution in [-0.2, 0) is 22.7 Å². The number of aliphatic hydroxyl groups is 6. The maximum Gasteiger partial charge on any atom is 0.193 e. The Labute approximate surface area is 290 Å².